The topological polar surface area (TPSA) is 121 Å². The van der Waals surface area contributed by atoms with Crippen LogP contribution in [0.1, 0.15) is 33.2 Å². The van der Waals surface area contributed by atoms with E-state index < -0.39 is 30.3 Å². The summed E-state index contributed by atoms with van der Waals surface area (Å²) in [5, 5.41) is 32.1. The van der Waals surface area contributed by atoms with Crippen molar-refractivity contribution in [1.82, 2.24) is 9.88 Å². The van der Waals surface area contributed by atoms with Gasteiger partial charge in [-0.3, -0.25) is 9.59 Å². The summed E-state index contributed by atoms with van der Waals surface area (Å²) in [5.74, 6) is -1.95. The minimum absolute atomic E-state index is 0.0113. The standard InChI is InChI=1S/C22H23FN2O6/c1-11-19(31-3)9-17-14(21(11)29)8-18(25(17)2)22(30)24-16(10-26)13-5-4-12(6-15(13)23)7-20(27)28/h4-6,8-9,16,26,29H,7,10H2,1-3H3,(H,24,30)(H,27,28)/t16-/m1/s1. The summed E-state index contributed by atoms with van der Waals surface area (Å²) in [7, 11) is 3.12. The van der Waals surface area contributed by atoms with Crippen molar-refractivity contribution in [2.75, 3.05) is 13.7 Å². The molecule has 0 unspecified atom stereocenters. The van der Waals surface area contributed by atoms with Crippen LogP contribution in [0, 0.1) is 12.7 Å². The molecule has 0 radical (unpaired) electrons. The van der Waals surface area contributed by atoms with Crippen molar-refractivity contribution < 1.29 is 34.0 Å². The number of aliphatic carboxylic acids is 1. The Morgan fingerprint density at radius 1 is 1.26 bits per heavy atom. The van der Waals surface area contributed by atoms with Crippen molar-refractivity contribution in [2.45, 2.75) is 19.4 Å². The summed E-state index contributed by atoms with van der Waals surface area (Å²) < 4.78 is 21.3. The number of benzene rings is 2. The van der Waals surface area contributed by atoms with Crippen LogP contribution in [0.15, 0.2) is 30.3 Å². The number of aromatic nitrogens is 1. The normalized spacial score (nSPS) is 12.0. The highest BCUT2D eigenvalue weighted by atomic mass is 19.1. The molecule has 3 aromatic rings. The number of aliphatic hydroxyl groups is 1. The smallest absolute Gasteiger partial charge is 0.307 e. The summed E-state index contributed by atoms with van der Waals surface area (Å²) >= 11 is 0. The first-order valence-electron chi connectivity index (χ1n) is 9.45. The summed E-state index contributed by atoms with van der Waals surface area (Å²) in [6, 6.07) is 6.01. The molecular formula is C22H23FN2O6. The van der Waals surface area contributed by atoms with E-state index in [1.807, 2.05) is 0 Å². The van der Waals surface area contributed by atoms with Crippen LogP contribution in [-0.4, -0.2) is 45.5 Å². The number of aliphatic hydroxyl groups excluding tert-OH is 1. The number of halogens is 1. The first-order valence-corrected chi connectivity index (χ1v) is 9.45. The van der Waals surface area contributed by atoms with E-state index in [-0.39, 0.29) is 29.0 Å². The lowest BCUT2D eigenvalue weighted by molar-refractivity contribution is -0.136. The molecule has 1 aromatic heterocycles. The second-order valence-corrected chi connectivity index (χ2v) is 7.21. The number of aryl methyl sites for hydroxylation is 1. The number of ether oxygens (including phenoxy) is 1. The molecule has 164 valence electrons. The number of methoxy groups -OCH3 is 1. The van der Waals surface area contributed by atoms with Gasteiger partial charge in [-0.2, -0.15) is 0 Å². The minimum atomic E-state index is -1.09. The molecule has 9 heteroatoms. The number of hydrogen-bond donors (Lipinski definition) is 4. The van der Waals surface area contributed by atoms with Crippen molar-refractivity contribution in [2.24, 2.45) is 7.05 Å². The van der Waals surface area contributed by atoms with Crippen molar-refractivity contribution >= 4 is 22.8 Å². The van der Waals surface area contributed by atoms with Crippen molar-refractivity contribution in [3.8, 4) is 11.5 Å². The highest BCUT2D eigenvalue weighted by molar-refractivity contribution is 6.01. The van der Waals surface area contributed by atoms with E-state index in [9.17, 15) is 24.2 Å². The molecule has 31 heavy (non-hydrogen) atoms. The SMILES string of the molecule is COc1cc2c(cc(C(=O)N[C@H](CO)c3ccc(CC(=O)O)cc3F)n2C)c(O)c1C. The summed E-state index contributed by atoms with van der Waals surface area (Å²) in [6.45, 7) is 1.13. The van der Waals surface area contributed by atoms with Crippen molar-refractivity contribution in [1.29, 1.82) is 0 Å². The monoisotopic (exact) mass is 430 g/mol. The molecule has 2 aromatic carbocycles. The highest BCUT2D eigenvalue weighted by Gasteiger charge is 2.23. The summed E-state index contributed by atoms with van der Waals surface area (Å²) in [6.07, 6.45) is -0.338. The number of phenolic OH excluding ortho intramolecular Hbond substituents is 1. The number of phenols is 1. The van der Waals surface area contributed by atoms with Gasteiger partial charge in [0.25, 0.3) is 5.91 Å². The van der Waals surface area contributed by atoms with Crippen LogP contribution >= 0.6 is 0 Å². The highest BCUT2D eigenvalue weighted by Crippen LogP contribution is 2.37. The van der Waals surface area contributed by atoms with Gasteiger partial charge in [-0.1, -0.05) is 12.1 Å². The van der Waals surface area contributed by atoms with Gasteiger partial charge in [0, 0.05) is 29.6 Å². The fourth-order valence-electron chi connectivity index (χ4n) is 3.55. The van der Waals surface area contributed by atoms with E-state index >= 15 is 0 Å². The second kappa shape index (κ2) is 8.65. The van der Waals surface area contributed by atoms with Crippen LogP contribution in [0.4, 0.5) is 4.39 Å². The van der Waals surface area contributed by atoms with E-state index in [1.54, 1.807) is 24.6 Å². The molecule has 0 bridgehead atoms. The first kappa shape index (κ1) is 22.1. The molecule has 0 saturated heterocycles. The van der Waals surface area contributed by atoms with Gasteiger partial charge >= 0.3 is 5.97 Å². The Morgan fingerprint density at radius 2 is 1.97 bits per heavy atom. The third kappa shape index (κ3) is 4.17. The van der Waals surface area contributed by atoms with E-state index in [1.165, 1.54) is 25.3 Å². The third-order valence-electron chi connectivity index (χ3n) is 5.26. The van der Waals surface area contributed by atoms with E-state index in [0.717, 1.165) is 6.07 Å². The van der Waals surface area contributed by atoms with Gasteiger partial charge in [0.1, 0.15) is 23.0 Å². The molecule has 1 atom stereocenters. The molecule has 8 nitrogen and oxygen atoms in total. The zero-order valence-electron chi connectivity index (χ0n) is 17.3. The number of carboxylic acids is 1. The Balaban J connectivity index is 1.93. The Bertz CT molecular complexity index is 1170. The minimum Gasteiger partial charge on any atom is -0.507 e. The zero-order chi connectivity index (χ0) is 22.9. The summed E-state index contributed by atoms with van der Waals surface area (Å²) in [4.78, 5) is 23.7. The lowest BCUT2D eigenvalue weighted by Crippen LogP contribution is -2.32. The largest absolute Gasteiger partial charge is 0.507 e. The molecule has 0 saturated carbocycles. The molecule has 0 spiro atoms. The Kier molecular flexibility index (Phi) is 6.16. The van der Waals surface area contributed by atoms with Gasteiger partial charge in [0.05, 0.1) is 31.7 Å². The van der Waals surface area contributed by atoms with Crippen molar-refractivity contribution in [3.05, 3.63) is 58.5 Å². The van der Waals surface area contributed by atoms with Gasteiger partial charge in [0.15, 0.2) is 0 Å². The Morgan fingerprint density at radius 3 is 2.55 bits per heavy atom. The van der Waals surface area contributed by atoms with Crippen LogP contribution in [0.2, 0.25) is 0 Å². The predicted octanol–water partition coefficient (Wildman–Crippen LogP) is 2.43. The number of nitrogens with one attached hydrogen (secondary N) is 1. The number of hydrogen-bond acceptors (Lipinski definition) is 5. The third-order valence-corrected chi connectivity index (χ3v) is 5.26. The fraction of sp³-hybridized carbons (Fsp3) is 0.273. The maximum Gasteiger partial charge on any atom is 0.307 e. The molecule has 0 aliphatic heterocycles. The number of carboxylic acid groups (broad SMARTS) is 1. The van der Waals surface area contributed by atoms with Crippen LogP contribution in [0.3, 0.4) is 0 Å². The number of carbonyl (C=O) groups excluding carboxylic acids is 1. The molecular weight excluding hydrogens is 407 g/mol. The zero-order valence-corrected chi connectivity index (χ0v) is 17.3. The van der Waals surface area contributed by atoms with Crippen LogP contribution in [0.5, 0.6) is 11.5 Å². The van der Waals surface area contributed by atoms with Crippen LogP contribution in [-0.2, 0) is 18.3 Å². The maximum atomic E-state index is 14.5. The van der Waals surface area contributed by atoms with Gasteiger partial charge in [-0.15, -0.1) is 0 Å². The number of fused-ring (bicyclic) bond motifs is 1. The molecule has 0 aliphatic rings. The van der Waals surface area contributed by atoms with Crippen LogP contribution in [0.25, 0.3) is 10.9 Å². The first-order chi connectivity index (χ1) is 14.7. The molecule has 1 heterocycles. The van der Waals surface area contributed by atoms with E-state index in [0.29, 0.717) is 22.2 Å². The number of carbonyl (C=O) groups is 2. The predicted molar refractivity (Wildman–Crippen MR) is 111 cm³/mol. The lowest BCUT2D eigenvalue weighted by Gasteiger charge is -2.18. The maximum absolute atomic E-state index is 14.5. The van der Waals surface area contributed by atoms with Gasteiger partial charge in [-0.25, -0.2) is 4.39 Å². The molecule has 4 N–H and O–H groups in total. The average molecular weight is 430 g/mol. The fourth-order valence-corrected chi connectivity index (χ4v) is 3.55. The van der Waals surface area contributed by atoms with E-state index in [4.69, 9.17) is 9.84 Å². The van der Waals surface area contributed by atoms with Crippen molar-refractivity contribution in [3.63, 3.8) is 0 Å². The Hall–Kier alpha value is -3.59. The molecule has 1 amide bonds. The van der Waals surface area contributed by atoms with Gasteiger partial charge in [0.2, 0.25) is 0 Å². The van der Waals surface area contributed by atoms with Gasteiger partial charge < -0.3 is 29.9 Å². The molecule has 0 fully saturated rings. The molecule has 0 aliphatic carbocycles. The Labute approximate surface area is 177 Å². The van der Waals surface area contributed by atoms with Gasteiger partial charge in [-0.05, 0) is 24.6 Å². The number of rotatable bonds is 7. The number of aromatic hydroxyl groups is 1. The van der Waals surface area contributed by atoms with Crippen LogP contribution < -0.4 is 10.1 Å². The second-order valence-electron chi connectivity index (χ2n) is 7.21. The quantitative estimate of drug-likeness (QED) is 0.457. The number of amides is 1. The molecule has 3 rings (SSSR count). The lowest BCUT2D eigenvalue weighted by atomic mass is 10.0. The number of nitrogens with zero attached hydrogens (tertiary/aromatic N) is 1. The average Bonchev–Trinajstić information content (AvgIpc) is 3.05. The van der Waals surface area contributed by atoms with E-state index in [2.05, 4.69) is 5.32 Å². The summed E-state index contributed by atoms with van der Waals surface area (Å²) in [5.41, 5.74) is 1.59.